The van der Waals surface area contributed by atoms with Crippen molar-refractivity contribution in [1.29, 1.82) is 5.26 Å². The molecule has 0 bridgehead atoms. The largest absolute Gasteiger partial charge is 0.384 e. The molecule has 2 N–H and O–H groups in total. The number of nitriles is 1. The van der Waals surface area contributed by atoms with Crippen molar-refractivity contribution in [3.63, 3.8) is 0 Å². The Hall–Kier alpha value is -3.63. The number of nitrogens with zero attached hydrogens (tertiary/aromatic N) is 3. The summed E-state index contributed by atoms with van der Waals surface area (Å²) in [5, 5.41) is 21.4. The van der Waals surface area contributed by atoms with Crippen LogP contribution in [0.4, 0.5) is 11.4 Å². The summed E-state index contributed by atoms with van der Waals surface area (Å²) in [6.45, 7) is 3.92. The number of non-ortho nitro benzene ring substituents is 1. The van der Waals surface area contributed by atoms with Crippen LogP contribution in [0.2, 0.25) is 5.02 Å². The Balaban J connectivity index is 1.99. The molecule has 0 fully saturated rings. The summed E-state index contributed by atoms with van der Waals surface area (Å²) in [4.78, 5) is 25.4. The number of carbonyl (C=O) groups excluding carboxylic acids is 1. The van der Waals surface area contributed by atoms with Crippen LogP contribution < -0.4 is 10.6 Å². The number of nitro groups is 1. The van der Waals surface area contributed by atoms with Crippen LogP contribution >= 0.6 is 11.6 Å². The quantitative estimate of drug-likeness (QED) is 0.511. The fourth-order valence-electron chi connectivity index (χ4n) is 4.53. The van der Waals surface area contributed by atoms with Crippen LogP contribution in [-0.4, -0.2) is 10.7 Å². The van der Waals surface area contributed by atoms with E-state index in [-0.39, 0.29) is 27.9 Å². The number of hydrogen-bond acceptors (Lipinski definition) is 6. The summed E-state index contributed by atoms with van der Waals surface area (Å²) in [5.74, 6) is -0.404. The molecule has 1 aliphatic carbocycles. The lowest BCUT2D eigenvalue weighted by atomic mass is 9.74. The van der Waals surface area contributed by atoms with Crippen molar-refractivity contribution in [3.05, 3.63) is 90.9 Å². The highest BCUT2D eigenvalue weighted by Gasteiger charge is 2.41. The summed E-state index contributed by atoms with van der Waals surface area (Å²) >= 11 is 6.42. The van der Waals surface area contributed by atoms with E-state index in [9.17, 15) is 20.2 Å². The first-order chi connectivity index (χ1) is 15.2. The number of ketones is 1. The van der Waals surface area contributed by atoms with Crippen molar-refractivity contribution in [2.75, 3.05) is 4.90 Å². The molecular formula is C24H21ClN4O3. The minimum atomic E-state index is -0.559. The highest BCUT2D eigenvalue weighted by Crippen LogP contribution is 2.48. The molecule has 0 saturated carbocycles. The smallest absolute Gasteiger partial charge is 0.271 e. The van der Waals surface area contributed by atoms with Crippen molar-refractivity contribution in [2.24, 2.45) is 5.73 Å². The predicted octanol–water partition coefficient (Wildman–Crippen LogP) is 5.17. The van der Waals surface area contributed by atoms with E-state index in [0.717, 1.165) is 16.7 Å². The van der Waals surface area contributed by atoms with E-state index in [0.29, 0.717) is 36.2 Å². The topological polar surface area (TPSA) is 113 Å². The maximum absolute atomic E-state index is 13.2. The van der Waals surface area contributed by atoms with Crippen LogP contribution in [0.3, 0.4) is 0 Å². The molecule has 8 heteroatoms. The fraction of sp³-hybridized carbons (Fsp3) is 0.250. The normalized spacial score (nSPS) is 18.5. The molecule has 7 nitrogen and oxygen atoms in total. The SMILES string of the molecule is Cc1ccc(C)c(C2C(C#N)=C(N)N(c3ccc([N+](=O)[O-])cc3Cl)C3=C2C(=O)CCC3)c1. The Bertz CT molecular complexity index is 1270. The number of anilines is 1. The van der Waals surface area contributed by atoms with Crippen molar-refractivity contribution >= 4 is 28.8 Å². The molecule has 0 saturated heterocycles. The number of Topliss-reactive ketones (excluding diaryl/α,β-unsaturated/α-hetero) is 1. The van der Waals surface area contributed by atoms with Crippen molar-refractivity contribution in [1.82, 2.24) is 0 Å². The fourth-order valence-corrected chi connectivity index (χ4v) is 4.79. The molecule has 1 atom stereocenters. The Morgan fingerprint density at radius 1 is 1.22 bits per heavy atom. The number of rotatable bonds is 3. The van der Waals surface area contributed by atoms with E-state index in [2.05, 4.69) is 6.07 Å². The van der Waals surface area contributed by atoms with Gasteiger partial charge in [-0.25, -0.2) is 0 Å². The Morgan fingerprint density at radius 2 is 1.97 bits per heavy atom. The predicted molar refractivity (Wildman–Crippen MR) is 122 cm³/mol. The number of nitrogens with two attached hydrogens (primary N) is 1. The van der Waals surface area contributed by atoms with Gasteiger partial charge in [-0.1, -0.05) is 35.4 Å². The molecule has 2 aliphatic rings. The van der Waals surface area contributed by atoms with Crippen LogP contribution in [0.1, 0.15) is 41.9 Å². The summed E-state index contributed by atoms with van der Waals surface area (Å²) in [5.41, 5.74) is 11.2. The first-order valence-electron chi connectivity index (χ1n) is 10.2. The second-order valence-electron chi connectivity index (χ2n) is 8.07. The zero-order chi connectivity index (χ0) is 23.2. The van der Waals surface area contributed by atoms with Gasteiger partial charge in [0.2, 0.25) is 0 Å². The van der Waals surface area contributed by atoms with Gasteiger partial charge < -0.3 is 5.73 Å². The van der Waals surface area contributed by atoms with Gasteiger partial charge in [-0.05, 0) is 43.9 Å². The van der Waals surface area contributed by atoms with Crippen LogP contribution in [0.15, 0.2) is 59.1 Å². The number of halogens is 1. The highest BCUT2D eigenvalue weighted by molar-refractivity contribution is 6.33. The first kappa shape index (κ1) is 21.6. The Labute approximate surface area is 190 Å². The lowest BCUT2D eigenvalue weighted by Gasteiger charge is -2.40. The number of allylic oxidation sites excluding steroid dienone is 3. The third kappa shape index (κ3) is 3.43. The zero-order valence-corrected chi connectivity index (χ0v) is 18.4. The molecule has 1 aliphatic heterocycles. The Morgan fingerprint density at radius 3 is 2.62 bits per heavy atom. The van der Waals surface area contributed by atoms with Crippen LogP contribution in [0, 0.1) is 35.3 Å². The average Bonchev–Trinajstić information content (AvgIpc) is 2.75. The molecule has 0 aromatic heterocycles. The molecule has 4 rings (SSSR count). The molecule has 162 valence electrons. The molecule has 1 unspecified atom stereocenters. The number of benzene rings is 2. The van der Waals surface area contributed by atoms with Gasteiger partial charge in [-0.3, -0.25) is 19.8 Å². The summed E-state index contributed by atoms with van der Waals surface area (Å²) < 4.78 is 0. The van der Waals surface area contributed by atoms with E-state index in [1.807, 2.05) is 32.0 Å². The van der Waals surface area contributed by atoms with Crippen molar-refractivity contribution < 1.29 is 9.72 Å². The zero-order valence-electron chi connectivity index (χ0n) is 17.7. The third-order valence-electron chi connectivity index (χ3n) is 6.04. The third-order valence-corrected chi connectivity index (χ3v) is 6.34. The summed E-state index contributed by atoms with van der Waals surface area (Å²) in [6.07, 6.45) is 1.61. The molecule has 2 aromatic carbocycles. The number of aryl methyl sites for hydroxylation is 2. The van der Waals surface area contributed by atoms with Crippen LogP contribution in [0.5, 0.6) is 0 Å². The van der Waals surface area contributed by atoms with Gasteiger partial charge >= 0.3 is 0 Å². The molecule has 32 heavy (non-hydrogen) atoms. The number of carbonyl (C=O) groups is 1. The van der Waals surface area contributed by atoms with E-state index in [1.54, 1.807) is 4.90 Å². The minimum Gasteiger partial charge on any atom is -0.384 e. The standard InChI is InChI=1S/C24H21ClN4O3/c1-13-6-7-14(2)16(10-13)22-17(12-26)24(27)28(20-4-3-5-21(30)23(20)22)19-9-8-15(29(31)32)11-18(19)25/h6-11,22H,3-5,27H2,1-2H3. The van der Waals surface area contributed by atoms with Crippen molar-refractivity contribution in [3.8, 4) is 6.07 Å². The molecule has 0 radical (unpaired) electrons. The molecule has 0 amide bonds. The lowest BCUT2D eigenvalue weighted by molar-refractivity contribution is -0.384. The van der Waals surface area contributed by atoms with Gasteiger partial charge in [0, 0.05) is 29.8 Å². The van der Waals surface area contributed by atoms with Gasteiger partial charge in [0.25, 0.3) is 5.69 Å². The number of nitro benzene ring substituents is 1. The monoisotopic (exact) mass is 448 g/mol. The van der Waals surface area contributed by atoms with Gasteiger partial charge in [0.15, 0.2) is 5.78 Å². The maximum Gasteiger partial charge on any atom is 0.271 e. The van der Waals surface area contributed by atoms with Crippen LogP contribution in [0.25, 0.3) is 0 Å². The molecule has 2 aromatic rings. The molecule has 0 spiro atoms. The van der Waals surface area contributed by atoms with Gasteiger partial charge in [-0.2, -0.15) is 5.26 Å². The van der Waals surface area contributed by atoms with E-state index in [1.165, 1.54) is 18.2 Å². The van der Waals surface area contributed by atoms with Gasteiger partial charge in [0.05, 0.1) is 33.2 Å². The van der Waals surface area contributed by atoms with Crippen LogP contribution in [-0.2, 0) is 4.79 Å². The first-order valence-corrected chi connectivity index (χ1v) is 10.6. The minimum absolute atomic E-state index is 0.0274. The summed E-state index contributed by atoms with van der Waals surface area (Å²) in [7, 11) is 0. The number of hydrogen-bond donors (Lipinski definition) is 1. The van der Waals surface area contributed by atoms with Gasteiger partial charge in [-0.15, -0.1) is 0 Å². The maximum atomic E-state index is 13.2. The van der Waals surface area contributed by atoms with E-state index >= 15 is 0 Å². The van der Waals surface area contributed by atoms with Crippen molar-refractivity contribution in [2.45, 2.75) is 39.0 Å². The Kier molecular flexibility index (Phi) is 5.49. The lowest BCUT2D eigenvalue weighted by Crippen LogP contribution is -2.39. The second-order valence-corrected chi connectivity index (χ2v) is 8.48. The van der Waals surface area contributed by atoms with E-state index in [4.69, 9.17) is 17.3 Å². The highest BCUT2D eigenvalue weighted by atomic mass is 35.5. The van der Waals surface area contributed by atoms with Gasteiger partial charge in [0.1, 0.15) is 5.82 Å². The van der Waals surface area contributed by atoms with E-state index < -0.39 is 10.8 Å². The summed E-state index contributed by atoms with van der Waals surface area (Å²) in [6, 6.07) is 12.3. The molecular weight excluding hydrogens is 428 g/mol. The molecule has 1 heterocycles. The average molecular weight is 449 g/mol. The second kappa shape index (κ2) is 8.13.